The molecule has 104 valence electrons. The number of ether oxygens (including phenoxy) is 1. The van der Waals surface area contributed by atoms with Crippen molar-refractivity contribution in [2.24, 2.45) is 5.92 Å². The lowest BCUT2D eigenvalue weighted by Crippen LogP contribution is -2.29. The normalized spacial score (nSPS) is 15.9. The quantitative estimate of drug-likeness (QED) is 0.798. The van der Waals surface area contributed by atoms with Gasteiger partial charge in [0.15, 0.2) is 0 Å². The van der Waals surface area contributed by atoms with E-state index < -0.39 is 0 Å². The van der Waals surface area contributed by atoms with Crippen molar-refractivity contribution in [3.05, 3.63) is 29.3 Å². The zero-order valence-corrected chi connectivity index (χ0v) is 12.0. The molecule has 1 aliphatic rings. The maximum absolute atomic E-state index is 11.9. The predicted molar refractivity (Wildman–Crippen MR) is 77.3 cm³/mol. The minimum absolute atomic E-state index is 0.155. The molecule has 0 aromatic heterocycles. The summed E-state index contributed by atoms with van der Waals surface area (Å²) in [4.78, 5) is 11.9. The smallest absolute Gasteiger partial charge is 0.328 e. The van der Waals surface area contributed by atoms with E-state index in [1.54, 1.807) is 0 Å². The van der Waals surface area contributed by atoms with Gasteiger partial charge in [-0.05, 0) is 50.2 Å². The minimum atomic E-state index is -0.301. The maximum Gasteiger partial charge on any atom is 0.328 e. The zero-order valence-electron chi connectivity index (χ0n) is 12.0. The third kappa shape index (κ3) is 3.72. The SMILES string of the molecule is CCc1cccc(C)c1N[C@@H](C)C(=O)OCC1CC1. The van der Waals surface area contributed by atoms with Gasteiger partial charge in [-0.1, -0.05) is 25.1 Å². The molecule has 1 aromatic rings. The number of para-hydroxylation sites is 1. The van der Waals surface area contributed by atoms with E-state index in [0.717, 1.165) is 12.1 Å². The zero-order chi connectivity index (χ0) is 13.8. The van der Waals surface area contributed by atoms with Crippen LogP contribution in [0.1, 0.15) is 37.8 Å². The molecule has 0 bridgehead atoms. The molecule has 19 heavy (non-hydrogen) atoms. The summed E-state index contributed by atoms with van der Waals surface area (Å²) in [7, 11) is 0. The van der Waals surface area contributed by atoms with Gasteiger partial charge in [-0.15, -0.1) is 0 Å². The Balaban J connectivity index is 1.96. The van der Waals surface area contributed by atoms with Crippen LogP contribution in [0.5, 0.6) is 0 Å². The lowest BCUT2D eigenvalue weighted by molar-refractivity contribution is -0.144. The lowest BCUT2D eigenvalue weighted by Gasteiger charge is -2.18. The Hall–Kier alpha value is -1.51. The molecule has 0 aliphatic heterocycles. The number of esters is 1. The molecule has 1 N–H and O–H groups in total. The molecule has 2 rings (SSSR count). The second-order valence-electron chi connectivity index (χ2n) is 5.40. The van der Waals surface area contributed by atoms with E-state index in [1.807, 2.05) is 6.92 Å². The van der Waals surface area contributed by atoms with Crippen LogP contribution in [-0.2, 0) is 16.0 Å². The molecule has 0 heterocycles. The van der Waals surface area contributed by atoms with Gasteiger partial charge in [0.2, 0.25) is 0 Å². The van der Waals surface area contributed by atoms with Crippen LogP contribution in [0.15, 0.2) is 18.2 Å². The Bertz CT molecular complexity index is 452. The number of carbonyl (C=O) groups excluding carboxylic acids is 1. The van der Waals surface area contributed by atoms with E-state index in [0.29, 0.717) is 12.5 Å². The molecule has 0 amide bonds. The topological polar surface area (TPSA) is 38.3 Å². The van der Waals surface area contributed by atoms with Crippen molar-refractivity contribution >= 4 is 11.7 Å². The molecule has 1 fully saturated rings. The number of carbonyl (C=O) groups is 1. The van der Waals surface area contributed by atoms with Crippen molar-refractivity contribution in [1.82, 2.24) is 0 Å². The van der Waals surface area contributed by atoms with Crippen molar-refractivity contribution in [2.45, 2.75) is 46.1 Å². The molecule has 3 nitrogen and oxygen atoms in total. The monoisotopic (exact) mass is 261 g/mol. The van der Waals surface area contributed by atoms with E-state index in [9.17, 15) is 4.79 Å². The van der Waals surface area contributed by atoms with Gasteiger partial charge in [0.05, 0.1) is 6.61 Å². The van der Waals surface area contributed by atoms with Gasteiger partial charge in [-0.25, -0.2) is 4.79 Å². The molecule has 3 heteroatoms. The molecule has 0 spiro atoms. The summed E-state index contributed by atoms with van der Waals surface area (Å²) in [5, 5.41) is 3.30. The van der Waals surface area contributed by atoms with Gasteiger partial charge < -0.3 is 10.1 Å². The Morgan fingerprint density at radius 3 is 2.84 bits per heavy atom. The van der Waals surface area contributed by atoms with Crippen LogP contribution in [0.4, 0.5) is 5.69 Å². The van der Waals surface area contributed by atoms with Crippen molar-refractivity contribution in [3.63, 3.8) is 0 Å². The molecular formula is C16H23NO2. The highest BCUT2D eigenvalue weighted by molar-refractivity contribution is 5.79. The first-order valence-corrected chi connectivity index (χ1v) is 7.13. The number of nitrogens with one attached hydrogen (secondary N) is 1. The van der Waals surface area contributed by atoms with Gasteiger partial charge in [0.25, 0.3) is 0 Å². The summed E-state index contributed by atoms with van der Waals surface area (Å²) in [5.41, 5.74) is 3.48. The van der Waals surface area contributed by atoms with Crippen molar-refractivity contribution < 1.29 is 9.53 Å². The Morgan fingerprint density at radius 2 is 2.21 bits per heavy atom. The van der Waals surface area contributed by atoms with E-state index >= 15 is 0 Å². The molecule has 1 aromatic carbocycles. The first-order valence-electron chi connectivity index (χ1n) is 7.13. The Kier molecular flexibility index (Phi) is 4.46. The fourth-order valence-electron chi connectivity index (χ4n) is 2.11. The van der Waals surface area contributed by atoms with Crippen LogP contribution in [0.25, 0.3) is 0 Å². The number of rotatable bonds is 6. The molecule has 0 saturated heterocycles. The van der Waals surface area contributed by atoms with Gasteiger partial charge in [0.1, 0.15) is 6.04 Å². The Labute approximate surface area is 115 Å². The highest BCUT2D eigenvalue weighted by Crippen LogP contribution is 2.29. The summed E-state index contributed by atoms with van der Waals surface area (Å²) in [6.45, 7) is 6.63. The Morgan fingerprint density at radius 1 is 1.47 bits per heavy atom. The molecule has 1 aliphatic carbocycles. The molecule has 0 unspecified atom stereocenters. The maximum atomic E-state index is 11.9. The van der Waals surface area contributed by atoms with Gasteiger partial charge in [0, 0.05) is 5.69 Å². The number of hydrogen-bond acceptors (Lipinski definition) is 3. The number of hydrogen-bond donors (Lipinski definition) is 1. The summed E-state index contributed by atoms with van der Waals surface area (Å²) in [5.74, 6) is 0.457. The van der Waals surface area contributed by atoms with Gasteiger partial charge >= 0.3 is 5.97 Å². The molecule has 1 saturated carbocycles. The van der Waals surface area contributed by atoms with E-state index in [4.69, 9.17) is 4.74 Å². The predicted octanol–water partition coefficient (Wildman–Crippen LogP) is 3.31. The highest BCUT2D eigenvalue weighted by Gasteiger charge is 2.24. The number of anilines is 1. The largest absolute Gasteiger partial charge is 0.464 e. The average Bonchev–Trinajstić information content (AvgIpc) is 3.22. The molecular weight excluding hydrogens is 238 g/mol. The minimum Gasteiger partial charge on any atom is -0.464 e. The van der Waals surface area contributed by atoms with Crippen molar-refractivity contribution in [2.75, 3.05) is 11.9 Å². The molecule has 0 radical (unpaired) electrons. The van der Waals surface area contributed by atoms with E-state index in [2.05, 4.69) is 37.4 Å². The van der Waals surface area contributed by atoms with E-state index in [1.165, 1.54) is 24.0 Å². The summed E-state index contributed by atoms with van der Waals surface area (Å²) >= 11 is 0. The number of benzene rings is 1. The second-order valence-corrected chi connectivity index (χ2v) is 5.40. The second kappa shape index (κ2) is 6.09. The summed E-state index contributed by atoms with van der Waals surface area (Å²) in [6.07, 6.45) is 3.35. The highest BCUT2D eigenvalue weighted by atomic mass is 16.5. The fraction of sp³-hybridized carbons (Fsp3) is 0.562. The van der Waals surface area contributed by atoms with Crippen molar-refractivity contribution in [1.29, 1.82) is 0 Å². The summed E-state index contributed by atoms with van der Waals surface area (Å²) in [6, 6.07) is 5.90. The summed E-state index contributed by atoms with van der Waals surface area (Å²) < 4.78 is 5.31. The van der Waals surface area contributed by atoms with Gasteiger partial charge in [-0.3, -0.25) is 0 Å². The van der Waals surface area contributed by atoms with Crippen LogP contribution in [-0.4, -0.2) is 18.6 Å². The first kappa shape index (κ1) is 13.9. The number of aryl methyl sites for hydroxylation is 2. The third-order valence-corrected chi connectivity index (χ3v) is 3.61. The average molecular weight is 261 g/mol. The van der Waals surface area contributed by atoms with Crippen LogP contribution >= 0.6 is 0 Å². The standard InChI is InChI=1S/C16H23NO2/c1-4-14-7-5-6-11(2)15(14)17-12(3)16(18)19-10-13-8-9-13/h5-7,12-13,17H,4,8-10H2,1-3H3/t12-/m0/s1. The van der Waals surface area contributed by atoms with E-state index in [-0.39, 0.29) is 12.0 Å². The lowest BCUT2D eigenvalue weighted by atomic mass is 10.1. The third-order valence-electron chi connectivity index (χ3n) is 3.61. The van der Waals surface area contributed by atoms with Gasteiger partial charge in [-0.2, -0.15) is 0 Å². The van der Waals surface area contributed by atoms with Crippen LogP contribution in [0.3, 0.4) is 0 Å². The van der Waals surface area contributed by atoms with Crippen LogP contribution < -0.4 is 5.32 Å². The molecule has 1 atom stereocenters. The van der Waals surface area contributed by atoms with Crippen molar-refractivity contribution in [3.8, 4) is 0 Å². The fourth-order valence-corrected chi connectivity index (χ4v) is 2.11. The first-order chi connectivity index (χ1) is 9.11. The van der Waals surface area contributed by atoms with Crippen LogP contribution in [0.2, 0.25) is 0 Å². The van der Waals surface area contributed by atoms with Crippen LogP contribution in [0, 0.1) is 12.8 Å².